The summed E-state index contributed by atoms with van der Waals surface area (Å²) in [7, 11) is 2.74. The number of esters is 1. The van der Waals surface area contributed by atoms with Gasteiger partial charge in [-0.2, -0.15) is 0 Å². The Kier molecular flexibility index (Phi) is 7.40. The molecular formula is C18H19N3O7. The number of nitro benzene ring substituents is 1. The number of aromatic nitrogens is 1. The molecule has 10 heteroatoms. The molecule has 28 heavy (non-hydrogen) atoms. The molecule has 0 aliphatic carbocycles. The third-order valence-corrected chi connectivity index (χ3v) is 3.67. The molecule has 0 spiro atoms. The number of nitrogens with zero attached hydrogens (tertiary/aromatic N) is 3. The first-order valence-electron chi connectivity index (χ1n) is 8.17. The van der Waals surface area contributed by atoms with E-state index in [1.807, 2.05) is 0 Å². The van der Waals surface area contributed by atoms with Gasteiger partial charge in [-0.05, 0) is 23.8 Å². The van der Waals surface area contributed by atoms with E-state index in [-0.39, 0.29) is 36.3 Å². The summed E-state index contributed by atoms with van der Waals surface area (Å²) in [4.78, 5) is 39.6. The molecule has 1 aromatic heterocycles. The Balaban J connectivity index is 2.08. The first-order valence-corrected chi connectivity index (χ1v) is 8.17. The molecule has 0 saturated carbocycles. The van der Waals surface area contributed by atoms with Crippen molar-refractivity contribution in [3.8, 4) is 0 Å². The van der Waals surface area contributed by atoms with Gasteiger partial charge in [-0.25, -0.2) is 9.78 Å². The number of oxazole rings is 1. The maximum atomic E-state index is 12.5. The average Bonchev–Trinajstić information content (AvgIpc) is 3.17. The molecular weight excluding hydrogens is 370 g/mol. The molecule has 0 aliphatic rings. The summed E-state index contributed by atoms with van der Waals surface area (Å²) in [6, 6.07) is 5.79. The summed E-state index contributed by atoms with van der Waals surface area (Å²) in [5.41, 5.74) is 0.614. The van der Waals surface area contributed by atoms with Crippen molar-refractivity contribution in [2.24, 2.45) is 0 Å². The van der Waals surface area contributed by atoms with Crippen LogP contribution in [0.2, 0.25) is 0 Å². The van der Waals surface area contributed by atoms with Crippen LogP contribution in [0.3, 0.4) is 0 Å². The maximum absolute atomic E-state index is 12.5. The topological polar surface area (TPSA) is 125 Å². The van der Waals surface area contributed by atoms with E-state index < -0.39 is 10.9 Å². The number of benzene rings is 1. The van der Waals surface area contributed by atoms with E-state index in [0.717, 1.165) is 6.26 Å². The second-order valence-electron chi connectivity index (χ2n) is 5.55. The van der Waals surface area contributed by atoms with Crippen LogP contribution in [-0.4, -0.2) is 54.1 Å². The van der Waals surface area contributed by atoms with Crippen LogP contribution in [0.25, 0.3) is 6.08 Å². The van der Waals surface area contributed by atoms with Crippen molar-refractivity contribution in [2.45, 2.75) is 6.54 Å². The number of amides is 1. The van der Waals surface area contributed by atoms with Crippen molar-refractivity contribution in [3.05, 3.63) is 63.9 Å². The summed E-state index contributed by atoms with van der Waals surface area (Å²) < 4.78 is 14.8. The highest BCUT2D eigenvalue weighted by Crippen LogP contribution is 2.13. The number of nitro groups is 1. The van der Waals surface area contributed by atoms with Gasteiger partial charge >= 0.3 is 5.97 Å². The van der Waals surface area contributed by atoms with E-state index in [1.165, 1.54) is 49.5 Å². The quantitative estimate of drug-likeness (QED) is 0.276. The van der Waals surface area contributed by atoms with E-state index in [9.17, 15) is 19.7 Å². The fourth-order valence-corrected chi connectivity index (χ4v) is 2.19. The minimum Gasteiger partial charge on any atom is -0.464 e. The Morgan fingerprint density at radius 2 is 2.00 bits per heavy atom. The Labute approximate surface area is 160 Å². The lowest BCUT2D eigenvalue weighted by Crippen LogP contribution is -2.32. The molecule has 0 unspecified atom stereocenters. The van der Waals surface area contributed by atoms with E-state index in [2.05, 4.69) is 9.72 Å². The molecule has 0 atom stereocenters. The molecule has 2 rings (SSSR count). The molecule has 1 heterocycles. The molecule has 0 fully saturated rings. The van der Waals surface area contributed by atoms with E-state index in [4.69, 9.17) is 9.15 Å². The lowest BCUT2D eigenvalue weighted by atomic mass is 10.2. The van der Waals surface area contributed by atoms with Crippen molar-refractivity contribution < 1.29 is 28.4 Å². The second kappa shape index (κ2) is 9.97. The zero-order chi connectivity index (χ0) is 20.5. The van der Waals surface area contributed by atoms with Gasteiger partial charge in [-0.3, -0.25) is 14.9 Å². The van der Waals surface area contributed by atoms with E-state index in [1.54, 1.807) is 6.08 Å². The molecule has 0 bridgehead atoms. The van der Waals surface area contributed by atoms with Crippen LogP contribution in [0, 0.1) is 10.1 Å². The highest BCUT2D eigenvalue weighted by Gasteiger charge is 2.17. The van der Waals surface area contributed by atoms with Crippen molar-refractivity contribution in [2.75, 3.05) is 27.4 Å². The average molecular weight is 389 g/mol. The number of non-ortho nitro benzene ring substituents is 1. The van der Waals surface area contributed by atoms with Gasteiger partial charge in [0.2, 0.25) is 11.8 Å². The van der Waals surface area contributed by atoms with Crippen LogP contribution in [0.4, 0.5) is 5.69 Å². The highest BCUT2D eigenvalue weighted by molar-refractivity contribution is 5.91. The number of carbonyl (C=O) groups excluding carboxylic acids is 2. The van der Waals surface area contributed by atoms with Gasteiger partial charge in [0.1, 0.15) is 6.26 Å². The lowest BCUT2D eigenvalue weighted by Gasteiger charge is -2.18. The number of hydrogen-bond donors (Lipinski definition) is 0. The fourth-order valence-electron chi connectivity index (χ4n) is 2.19. The summed E-state index contributed by atoms with van der Waals surface area (Å²) in [5, 5.41) is 10.7. The van der Waals surface area contributed by atoms with Gasteiger partial charge in [0.05, 0.1) is 25.2 Å². The first-order chi connectivity index (χ1) is 13.4. The van der Waals surface area contributed by atoms with Gasteiger partial charge in [0.25, 0.3) is 5.69 Å². The van der Waals surface area contributed by atoms with Gasteiger partial charge < -0.3 is 18.8 Å². The van der Waals surface area contributed by atoms with Crippen LogP contribution in [0.15, 0.2) is 41.0 Å². The molecule has 0 saturated heterocycles. The Morgan fingerprint density at radius 1 is 1.29 bits per heavy atom. The minimum atomic E-state index is -0.636. The van der Waals surface area contributed by atoms with Gasteiger partial charge in [-0.1, -0.05) is 0 Å². The molecule has 10 nitrogen and oxygen atoms in total. The number of carbonyl (C=O) groups is 2. The van der Waals surface area contributed by atoms with Crippen molar-refractivity contribution in [1.29, 1.82) is 0 Å². The van der Waals surface area contributed by atoms with Crippen LogP contribution in [0.5, 0.6) is 0 Å². The number of rotatable bonds is 9. The van der Waals surface area contributed by atoms with Gasteiger partial charge in [-0.15, -0.1) is 0 Å². The standard InChI is InChI=1S/C18H19N3O7/c1-26-10-9-20(11-16-19-15(12-28-16)18(23)27-2)17(22)8-5-13-3-6-14(7-4-13)21(24)25/h3-8,12H,9-11H2,1-2H3/b8-5+. The minimum absolute atomic E-state index is 0.0121. The van der Waals surface area contributed by atoms with Gasteiger partial charge in [0, 0.05) is 31.9 Å². The monoisotopic (exact) mass is 389 g/mol. The van der Waals surface area contributed by atoms with Crippen LogP contribution < -0.4 is 0 Å². The van der Waals surface area contributed by atoms with E-state index >= 15 is 0 Å². The summed E-state index contributed by atoms with van der Waals surface area (Å²) in [6.45, 7) is 0.599. The van der Waals surface area contributed by atoms with Crippen molar-refractivity contribution in [1.82, 2.24) is 9.88 Å². The predicted molar refractivity (Wildman–Crippen MR) is 97.3 cm³/mol. The number of ether oxygens (including phenoxy) is 2. The number of methoxy groups -OCH3 is 2. The summed E-state index contributed by atoms with van der Waals surface area (Å²) in [5.74, 6) is -0.801. The molecule has 0 aliphatic heterocycles. The molecule has 0 N–H and O–H groups in total. The molecule has 1 amide bonds. The van der Waals surface area contributed by atoms with Crippen LogP contribution in [0.1, 0.15) is 21.9 Å². The second-order valence-corrected chi connectivity index (χ2v) is 5.55. The Hall–Kier alpha value is -3.53. The molecule has 148 valence electrons. The SMILES string of the molecule is COCCN(Cc1nc(C(=O)OC)co1)C(=O)/C=C/c1ccc([N+](=O)[O-])cc1. The molecule has 1 aromatic carbocycles. The third kappa shape index (κ3) is 5.74. The third-order valence-electron chi connectivity index (χ3n) is 3.67. The van der Waals surface area contributed by atoms with Gasteiger partial charge in [0.15, 0.2) is 5.69 Å². The zero-order valence-corrected chi connectivity index (χ0v) is 15.4. The Bertz CT molecular complexity index is 858. The summed E-state index contributed by atoms with van der Waals surface area (Å²) >= 11 is 0. The lowest BCUT2D eigenvalue weighted by molar-refractivity contribution is -0.384. The van der Waals surface area contributed by atoms with Crippen LogP contribution >= 0.6 is 0 Å². The first kappa shape index (κ1) is 20.8. The predicted octanol–water partition coefficient (Wildman–Crippen LogP) is 2.06. The molecule has 0 radical (unpaired) electrons. The molecule has 2 aromatic rings. The maximum Gasteiger partial charge on any atom is 0.360 e. The number of hydrogen-bond acceptors (Lipinski definition) is 8. The highest BCUT2D eigenvalue weighted by atomic mass is 16.6. The summed E-state index contributed by atoms with van der Waals surface area (Å²) in [6.07, 6.45) is 4.04. The smallest absolute Gasteiger partial charge is 0.360 e. The van der Waals surface area contributed by atoms with E-state index in [0.29, 0.717) is 12.2 Å². The van der Waals surface area contributed by atoms with Crippen LogP contribution in [-0.2, 0) is 20.8 Å². The largest absolute Gasteiger partial charge is 0.464 e. The normalized spacial score (nSPS) is 10.8. The zero-order valence-electron chi connectivity index (χ0n) is 15.4. The fraction of sp³-hybridized carbons (Fsp3) is 0.278. The Morgan fingerprint density at radius 3 is 2.61 bits per heavy atom. The van der Waals surface area contributed by atoms with Crippen molar-refractivity contribution >= 4 is 23.6 Å². The van der Waals surface area contributed by atoms with Crippen molar-refractivity contribution in [3.63, 3.8) is 0 Å².